The third kappa shape index (κ3) is 3.94. The normalized spacial score (nSPS) is 17.3. The van der Waals surface area contributed by atoms with Gasteiger partial charge in [0.25, 0.3) is 0 Å². The maximum atomic E-state index is 12.8. The van der Waals surface area contributed by atoms with Gasteiger partial charge in [-0.2, -0.15) is 0 Å². The van der Waals surface area contributed by atoms with E-state index in [1.165, 1.54) is 0 Å². The van der Waals surface area contributed by atoms with Gasteiger partial charge in [-0.25, -0.2) is 9.97 Å². The molecule has 0 bridgehead atoms. The number of methoxy groups -OCH3 is 1. The molecule has 7 heteroatoms. The van der Waals surface area contributed by atoms with E-state index in [1.54, 1.807) is 7.11 Å². The molecule has 1 aliphatic rings. The standard InChI is InChI=1S/C21H27N5O2/c1-28-14-13-24-12-9-22-21(24)17-5-4-10-25(15-17)20(27)8-11-26-16-23-18-6-2-3-7-19(18)26/h2-3,6-7,9,12,16-17H,4-5,8,10-11,13-15H2,1H3/t17-/m1/s1. The van der Waals surface area contributed by atoms with Crippen molar-refractivity contribution < 1.29 is 9.53 Å². The fourth-order valence-corrected chi connectivity index (χ4v) is 4.04. The summed E-state index contributed by atoms with van der Waals surface area (Å²) in [4.78, 5) is 23.8. The molecule has 0 radical (unpaired) electrons. The number of likely N-dealkylation sites (tertiary alicyclic amines) is 1. The van der Waals surface area contributed by atoms with Crippen LogP contribution in [0.1, 0.15) is 31.0 Å². The summed E-state index contributed by atoms with van der Waals surface area (Å²) in [6, 6.07) is 8.02. The molecule has 1 atom stereocenters. The van der Waals surface area contributed by atoms with Gasteiger partial charge in [0.05, 0.1) is 24.0 Å². The van der Waals surface area contributed by atoms with Gasteiger partial charge < -0.3 is 18.8 Å². The molecule has 0 spiro atoms. The molecule has 28 heavy (non-hydrogen) atoms. The Hall–Kier alpha value is -2.67. The van der Waals surface area contributed by atoms with E-state index in [1.807, 2.05) is 47.9 Å². The van der Waals surface area contributed by atoms with E-state index in [9.17, 15) is 4.79 Å². The van der Waals surface area contributed by atoms with Crippen molar-refractivity contribution in [1.82, 2.24) is 24.0 Å². The summed E-state index contributed by atoms with van der Waals surface area (Å²) >= 11 is 0. The second-order valence-electron chi connectivity index (χ2n) is 7.33. The predicted octanol–water partition coefficient (Wildman–Crippen LogP) is 2.68. The van der Waals surface area contributed by atoms with Crippen LogP contribution in [-0.4, -0.2) is 56.7 Å². The van der Waals surface area contributed by atoms with E-state index in [0.717, 1.165) is 49.3 Å². The fourth-order valence-electron chi connectivity index (χ4n) is 4.04. The van der Waals surface area contributed by atoms with E-state index in [2.05, 4.69) is 19.1 Å². The van der Waals surface area contributed by atoms with Gasteiger partial charge >= 0.3 is 0 Å². The Kier molecular flexibility index (Phi) is 5.71. The minimum Gasteiger partial charge on any atom is -0.383 e. The maximum absolute atomic E-state index is 12.8. The molecule has 1 amide bonds. The molecule has 0 aliphatic carbocycles. The van der Waals surface area contributed by atoms with Crippen molar-refractivity contribution in [3.63, 3.8) is 0 Å². The van der Waals surface area contributed by atoms with Crippen LogP contribution in [0.5, 0.6) is 0 Å². The van der Waals surface area contributed by atoms with Gasteiger partial charge in [0.15, 0.2) is 0 Å². The molecule has 1 saturated heterocycles. The van der Waals surface area contributed by atoms with Gasteiger partial charge in [-0.3, -0.25) is 4.79 Å². The molecule has 148 valence electrons. The fraction of sp³-hybridized carbons (Fsp3) is 0.476. The number of benzene rings is 1. The van der Waals surface area contributed by atoms with Gasteiger partial charge in [0.2, 0.25) is 5.91 Å². The average molecular weight is 381 g/mol. The molecule has 0 N–H and O–H groups in total. The lowest BCUT2D eigenvalue weighted by Gasteiger charge is -2.33. The first-order chi connectivity index (χ1) is 13.8. The highest BCUT2D eigenvalue weighted by Crippen LogP contribution is 2.26. The Labute approximate surface area is 164 Å². The zero-order chi connectivity index (χ0) is 19.3. The molecule has 1 fully saturated rings. The van der Waals surface area contributed by atoms with Crippen molar-refractivity contribution in [2.75, 3.05) is 26.8 Å². The minimum atomic E-state index is 0.206. The quantitative estimate of drug-likeness (QED) is 0.631. The minimum absolute atomic E-state index is 0.206. The molecule has 4 rings (SSSR count). The van der Waals surface area contributed by atoms with E-state index >= 15 is 0 Å². The number of para-hydroxylation sites is 2. The topological polar surface area (TPSA) is 65.2 Å². The average Bonchev–Trinajstić information content (AvgIpc) is 3.37. The molecule has 1 aliphatic heterocycles. The van der Waals surface area contributed by atoms with E-state index < -0.39 is 0 Å². The number of piperidine rings is 1. The zero-order valence-corrected chi connectivity index (χ0v) is 16.3. The van der Waals surface area contributed by atoms with Crippen LogP contribution in [0.2, 0.25) is 0 Å². The van der Waals surface area contributed by atoms with Gasteiger partial charge in [-0.05, 0) is 25.0 Å². The highest BCUT2D eigenvalue weighted by atomic mass is 16.5. The SMILES string of the molecule is COCCn1ccnc1[C@@H]1CCCN(C(=O)CCn2cnc3ccccc32)C1. The molecular formula is C21H27N5O2. The Morgan fingerprint density at radius 1 is 1.21 bits per heavy atom. The number of aromatic nitrogens is 4. The number of hydrogen-bond donors (Lipinski definition) is 0. The summed E-state index contributed by atoms with van der Waals surface area (Å²) in [6.45, 7) is 3.69. The van der Waals surface area contributed by atoms with Crippen LogP contribution in [-0.2, 0) is 22.6 Å². The summed E-state index contributed by atoms with van der Waals surface area (Å²) < 4.78 is 9.41. The number of fused-ring (bicyclic) bond motifs is 1. The highest BCUT2D eigenvalue weighted by Gasteiger charge is 2.27. The van der Waals surface area contributed by atoms with E-state index in [0.29, 0.717) is 25.5 Å². The first-order valence-electron chi connectivity index (χ1n) is 9.94. The summed E-state index contributed by atoms with van der Waals surface area (Å²) in [5.41, 5.74) is 2.04. The van der Waals surface area contributed by atoms with Crippen LogP contribution in [0.15, 0.2) is 43.0 Å². The van der Waals surface area contributed by atoms with Crippen LogP contribution in [0.3, 0.4) is 0 Å². The predicted molar refractivity (Wildman–Crippen MR) is 107 cm³/mol. The second kappa shape index (κ2) is 8.56. The lowest BCUT2D eigenvalue weighted by molar-refractivity contribution is -0.132. The lowest BCUT2D eigenvalue weighted by atomic mass is 9.97. The second-order valence-corrected chi connectivity index (χ2v) is 7.33. The number of amides is 1. The number of ether oxygens (including phenoxy) is 1. The number of carbonyl (C=O) groups is 1. The van der Waals surface area contributed by atoms with Crippen molar-refractivity contribution in [2.24, 2.45) is 0 Å². The molecule has 7 nitrogen and oxygen atoms in total. The molecule has 3 aromatic rings. The van der Waals surface area contributed by atoms with Crippen LogP contribution >= 0.6 is 0 Å². The van der Waals surface area contributed by atoms with Crippen molar-refractivity contribution in [3.05, 3.63) is 48.8 Å². The smallest absolute Gasteiger partial charge is 0.224 e. The summed E-state index contributed by atoms with van der Waals surface area (Å²) in [5, 5.41) is 0. The zero-order valence-electron chi connectivity index (χ0n) is 16.3. The summed E-state index contributed by atoms with van der Waals surface area (Å²) in [6.07, 6.45) is 8.24. The molecule has 2 aromatic heterocycles. The Morgan fingerprint density at radius 3 is 3.00 bits per heavy atom. The molecule has 1 aromatic carbocycles. The number of carbonyl (C=O) groups excluding carboxylic acids is 1. The van der Waals surface area contributed by atoms with Crippen LogP contribution in [0.4, 0.5) is 0 Å². The van der Waals surface area contributed by atoms with Crippen molar-refractivity contribution in [1.29, 1.82) is 0 Å². The first-order valence-corrected chi connectivity index (χ1v) is 9.94. The maximum Gasteiger partial charge on any atom is 0.224 e. The van der Waals surface area contributed by atoms with E-state index in [4.69, 9.17) is 4.74 Å². The largest absolute Gasteiger partial charge is 0.383 e. The number of aryl methyl sites for hydroxylation is 1. The van der Waals surface area contributed by atoms with Gasteiger partial charge in [-0.15, -0.1) is 0 Å². The third-order valence-corrected chi connectivity index (χ3v) is 5.52. The molecule has 0 unspecified atom stereocenters. The van der Waals surface area contributed by atoms with Crippen molar-refractivity contribution >= 4 is 16.9 Å². The highest BCUT2D eigenvalue weighted by molar-refractivity contribution is 5.77. The third-order valence-electron chi connectivity index (χ3n) is 5.52. The number of nitrogens with zero attached hydrogens (tertiary/aromatic N) is 5. The Bertz CT molecular complexity index is 932. The van der Waals surface area contributed by atoms with Crippen molar-refractivity contribution in [2.45, 2.75) is 38.3 Å². The first kappa shape index (κ1) is 18.7. The summed E-state index contributed by atoms with van der Waals surface area (Å²) in [7, 11) is 1.71. The molecular weight excluding hydrogens is 354 g/mol. The number of rotatable bonds is 7. The number of imidazole rings is 2. The van der Waals surface area contributed by atoms with Crippen molar-refractivity contribution in [3.8, 4) is 0 Å². The van der Waals surface area contributed by atoms with E-state index in [-0.39, 0.29) is 5.91 Å². The monoisotopic (exact) mass is 381 g/mol. The van der Waals surface area contributed by atoms with Crippen LogP contribution in [0.25, 0.3) is 11.0 Å². The molecule has 0 saturated carbocycles. The van der Waals surface area contributed by atoms with Crippen LogP contribution in [0, 0.1) is 0 Å². The van der Waals surface area contributed by atoms with Gasteiger partial charge in [0, 0.05) is 58.0 Å². The number of hydrogen-bond acceptors (Lipinski definition) is 4. The lowest BCUT2D eigenvalue weighted by Crippen LogP contribution is -2.40. The van der Waals surface area contributed by atoms with Gasteiger partial charge in [0.1, 0.15) is 5.82 Å². The Balaban J connectivity index is 1.38. The summed E-state index contributed by atoms with van der Waals surface area (Å²) in [5.74, 6) is 1.56. The molecule has 3 heterocycles. The van der Waals surface area contributed by atoms with Gasteiger partial charge in [-0.1, -0.05) is 12.1 Å². The van der Waals surface area contributed by atoms with Crippen LogP contribution < -0.4 is 0 Å². The Morgan fingerprint density at radius 2 is 2.11 bits per heavy atom.